The molecule has 1 atom stereocenters. The second kappa shape index (κ2) is 7.57. The number of carbonyl (C=O) groups is 1. The average Bonchev–Trinajstić information content (AvgIpc) is 3.32. The third-order valence-corrected chi connectivity index (χ3v) is 6.32. The summed E-state index contributed by atoms with van der Waals surface area (Å²) in [4.78, 5) is 12.8. The molecule has 2 aliphatic rings. The van der Waals surface area contributed by atoms with Crippen molar-refractivity contribution in [3.63, 3.8) is 0 Å². The summed E-state index contributed by atoms with van der Waals surface area (Å²) < 4.78 is 6.86. The molecule has 2 N–H and O–H groups in total. The average molecular weight is 426 g/mol. The lowest BCUT2D eigenvalue weighted by Gasteiger charge is -2.22. The van der Waals surface area contributed by atoms with Gasteiger partial charge >= 0.3 is 0 Å². The molecular formula is C25H22N4O3. The van der Waals surface area contributed by atoms with Gasteiger partial charge in [0.2, 0.25) is 0 Å². The molecule has 2 aliphatic carbocycles. The Bertz CT molecular complexity index is 1310. The molecule has 0 saturated heterocycles. The normalized spacial score (nSPS) is 16.5. The van der Waals surface area contributed by atoms with E-state index in [2.05, 4.69) is 28.6 Å². The molecular weight excluding hydrogens is 404 g/mol. The van der Waals surface area contributed by atoms with E-state index in [1.165, 1.54) is 11.1 Å². The van der Waals surface area contributed by atoms with Crippen LogP contribution < -0.4 is 10.1 Å². The van der Waals surface area contributed by atoms with Crippen molar-refractivity contribution in [2.45, 2.75) is 25.2 Å². The van der Waals surface area contributed by atoms with Crippen LogP contribution >= 0.6 is 0 Å². The second-order valence-electron chi connectivity index (χ2n) is 8.08. The third-order valence-electron chi connectivity index (χ3n) is 6.32. The lowest BCUT2D eigenvalue weighted by Crippen LogP contribution is -2.16. The first kappa shape index (κ1) is 19.9. The van der Waals surface area contributed by atoms with Gasteiger partial charge in [-0.15, -0.1) is 0 Å². The fourth-order valence-corrected chi connectivity index (χ4v) is 4.94. The molecule has 1 amide bonds. The number of amides is 1. The standard InChI is InChI=1S/C25H22N4O3/c1-29-23-18-8-4-6-14-5-3-7-17(20(14)18)21(23)22(28-29)24(30)19(13-26)25(31)27-15-9-11-16(32-2)12-10-15/h4,6,8-12,17,30H,3,5,7H2,1-2H3,(H,27,31)/b24-19-. The van der Waals surface area contributed by atoms with Gasteiger partial charge in [0.15, 0.2) is 11.3 Å². The number of hydrogen-bond donors (Lipinski definition) is 2. The van der Waals surface area contributed by atoms with E-state index in [1.807, 2.05) is 13.1 Å². The largest absolute Gasteiger partial charge is 0.504 e. The maximum Gasteiger partial charge on any atom is 0.270 e. The molecule has 0 radical (unpaired) electrons. The molecule has 7 nitrogen and oxygen atoms in total. The number of rotatable bonds is 4. The number of nitrogens with one attached hydrogen (secondary N) is 1. The molecule has 3 aromatic rings. The number of hydrogen-bond acceptors (Lipinski definition) is 5. The van der Waals surface area contributed by atoms with Crippen LogP contribution in [-0.2, 0) is 18.3 Å². The van der Waals surface area contributed by atoms with Crippen LogP contribution in [0.15, 0.2) is 48.0 Å². The molecule has 0 aliphatic heterocycles. The first-order valence-electron chi connectivity index (χ1n) is 10.5. The van der Waals surface area contributed by atoms with Crippen LogP contribution in [0.1, 0.15) is 41.1 Å². The number of anilines is 1. The Morgan fingerprint density at radius 2 is 2.03 bits per heavy atom. The summed E-state index contributed by atoms with van der Waals surface area (Å²) in [6.45, 7) is 0. The number of aliphatic hydroxyl groups is 1. The van der Waals surface area contributed by atoms with Gasteiger partial charge in [-0.05, 0) is 54.7 Å². The van der Waals surface area contributed by atoms with Crippen molar-refractivity contribution in [1.29, 1.82) is 5.26 Å². The first-order valence-corrected chi connectivity index (χ1v) is 10.5. The van der Waals surface area contributed by atoms with Gasteiger partial charge in [-0.3, -0.25) is 9.48 Å². The van der Waals surface area contributed by atoms with Gasteiger partial charge in [0, 0.05) is 29.8 Å². The Hall–Kier alpha value is -4.05. The van der Waals surface area contributed by atoms with Crippen LogP contribution in [0, 0.1) is 11.3 Å². The minimum absolute atomic E-state index is 0.111. The highest BCUT2D eigenvalue weighted by Gasteiger charge is 2.39. The van der Waals surface area contributed by atoms with E-state index in [9.17, 15) is 15.2 Å². The number of aromatic nitrogens is 2. The first-order chi connectivity index (χ1) is 15.5. The zero-order valence-corrected chi connectivity index (χ0v) is 17.8. The Morgan fingerprint density at radius 3 is 2.75 bits per heavy atom. The van der Waals surface area contributed by atoms with E-state index in [1.54, 1.807) is 36.1 Å². The molecule has 1 heterocycles. The van der Waals surface area contributed by atoms with Crippen molar-refractivity contribution < 1.29 is 14.6 Å². The lowest BCUT2D eigenvalue weighted by atomic mass is 9.81. The second-order valence-corrected chi connectivity index (χ2v) is 8.08. The third kappa shape index (κ3) is 2.95. The fraction of sp³-hybridized carbons (Fsp3) is 0.240. The molecule has 0 fully saturated rings. The van der Waals surface area contributed by atoms with Gasteiger partial charge in [0.1, 0.15) is 17.5 Å². The van der Waals surface area contributed by atoms with Gasteiger partial charge in [0.05, 0.1) is 12.8 Å². The van der Waals surface area contributed by atoms with Gasteiger partial charge in [-0.2, -0.15) is 10.4 Å². The van der Waals surface area contributed by atoms with Gasteiger partial charge < -0.3 is 15.2 Å². The Morgan fingerprint density at radius 1 is 1.25 bits per heavy atom. The number of aliphatic hydroxyl groups excluding tert-OH is 1. The highest BCUT2D eigenvalue weighted by atomic mass is 16.5. The molecule has 0 bridgehead atoms. The number of carbonyl (C=O) groups excluding carboxylic acids is 1. The smallest absolute Gasteiger partial charge is 0.270 e. The maximum atomic E-state index is 12.8. The van der Waals surface area contributed by atoms with Gasteiger partial charge in [0.25, 0.3) is 5.91 Å². The Labute approximate surface area is 185 Å². The lowest BCUT2D eigenvalue weighted by molar-refractivity contribution is -0.112. The summed E-state index contributed by atoms with van der Waals surface area (Å²) in [5.41, 5.74) is 6.01. The van der Waals surface area contributed by atoms with Crippen LogP contribution in [-0.4, -0.2) is 27.9 Å². The summed E-state index contributed by atoms with van der Waals surface area (Å²) in [6.07, 6.45) is 3.03. The number of nitrogens with zero attached hydrogens (tertiary/aromatic N) is 3. The molecule has 7 heteroatoms. The summed E-state index contributed by atoms with van der Waals surface area (Å²) in [5.74, 6) is -0.317. The zero-order chi connectivity index (χ0) is 22.4. The monoisotopic (exact) mass is 426 g/mol. The minimum Gasteiger partial charge on any atom is -0.504 e. The minimum atomic E-state index is -0.686. The van der Waals surface area contributed by atoms with Gasteiger partial charge in [-0.25, -0.2) is 0 Å². The van der Waals surface area contributed by atoms with Crippen molar-refractivity contribution in [3.8, 4) is 23.1 Å². The molecule has 32 heavy (non-hydrogen) atoms. The fourth-order valence-electron chi connectivity index (χ4n) is 4.94. The number of methoxy groups -OCH3 is 1. The highest BCUT2D eigenvalue weighted by molar-refractivity contribution is 6.11. The van der Waals surface area contributed by atoms with Crippen molar-refractivity contribution in [2.24, 2.45) is 7.05 Å². The molecule has 2 aromatic carbocycles. The van der Waals surface area contributed by atoms with Crippen molar-refractivity contribution in [3.05, 3.63) is 70.4 Å². The topological polar surface area (TPSA) is 100 Å². The Kier molecular flexibility index (Phi) is 4.71. The van der Waals surface area contributed by atoms with Gasteiger partial charge in [-0.1, -0.05) is 18.2 Å². The SMILES string of the molecule is COc1ccc(NC(=O)/C(C#N)=C(\O)c2nn(C)c3c2C2CCCc4cccc-3c42)cc1. The number of fused-ring (bicyclic) bond motifs is 3. The zero-order valence-electron chi connectivity index (χ0n) is 17.8. The Balaban J connectivity index is 1.56. The molecule has 1 aromatic heterocycles. The number of aryl methyl sites for hydroxylation is 2. The highest BCUT2D eigenvalue weighted by Crippen LogP contribution is 2.52. The number of ether oxygens (including phenoxy) is 1. The van der Waals surface area contributed by atoms with E-state index in [-0.39, 0.29) is 11.5 Å². The number of nitriles is 1. The summed E-state index contributed by atoms with van der Waals surface area (Å²) >= 11 is 0. The predicted molar refractivity (Wildman–Crippen MR) is 120 cm³/mol. The summed E-state index contributed by atoms with van der Waals surface area (Å²) in [5, 5.41) is 28.0. The predicted octanol–water partition coefficient (Wildman–Crippen LogP) is 4.31. The molecule has 1 unspecified atom stereocenters. The summed E-state index contributed by atoms with van der Waals surface area (Å²) in [6, 6.07) is 14.9. The van der Waals surface area contributed by atoms with Crippen LogP contribution in [0.25, 0.3) is 17.0 Å². The van der Waals surface area contributed by atoms with E-state index >= 15 is 0 Å². The molecule has 0 spiro atoms. The van der Waals surface area contributed by atoms with Crippen LogP contribution in [0.3, 0.4) is 0 Å². The van der Waals surface area contributed by atoms with Crippen LogP contribution in [0.5, 0.6) is 5.75 Å². The summed E-state index contributed by atoms with van der Waals surface area (Å²) in [7, 11) is 3.39. The van der Waals surface area contributed by atoms with Crippen molar-refractivity contribution in [2.75, 3.05) is 12.4 Å². The maximum absolute atomic E-state index is 12.8. The van der Waals surface area contributed by atoms with E-state index < -0.39 is 11.7 Å². The van der Waals surface area contributed by atoms with E-state index in [4.69, 9.17) is 4.74 Å². The quantitative estimate of drug-likeness (QED) is 0.368. The molecule has 160 valence electrons. The van der Waals surface area contributed by atoms with Crippen LogP contribution in [0.2, 0.25) is 0 Å². The van der Waals surface area contributed by atoms with E-state index in [0.717, 1.165) is 36.1 Å². The van der Waals surface area contributed by atoms with E-state index in [0.29, 0.717) is 17.1 Å². The van der Waals surface area contributed by atoms with Crippen molar-refractivity contribution >= 4 is 17.4 Å². The van der Waals surface area contributed by atoms with Crippen molar-refractivity contribution in [1.82, 2.24) is 9.78 Å². The number of benzene rings is 2. The van der Waals surface area contributed by atoms with Crippen LogP contribution in [0.4, 0.5) is 5.69 Å². The molecule has 5 rings (SSSR count). The molecule has 0 saturated carbocycles.